The van der Waals surface area contributed by atoms with E-state index in [4.69, 9.17) is 5.73 Å². The predicted octanol–water partition coefficient (Wildman–Crippen LogP) is 1.07. The fraction of sp³-hybridized carbons (Fsp3) is 0.571. The molecule has 0 radical (unpaired) electrons. The Hall–Kier alpha value is -1.71. The van der Waals surface area contributed by atoms with Gasteiger partial charge in [-0.25, -0.2) is 13.1 Å². The van der Waals surface area contributed by atoms with Crippen LogP contribution in [-0.2, 0) is 10.0 Å². The molecule has 128 valence electrons. The number of piperidine rings is 1. The standard InChI is InChI=1S/C14H22N4O4S/c1-16-23(21,22)12-4-5-13(14(9-12)18(19)20)17-8-2-3-11(10-17)6-7-15/h4-5,9,11,16H,2-3,6-8,10,15H2,1H3. The van der Waals surface area contributed by atoms with Crippen LogP contribution in [0.2, 0.25) is 0 Å². The van der Waals surface area contributed by atoms with Crippen molar-refractivity contribution in [1.29, 1.82) is 0 Å². The highest BCUT2D eigenvalue weighted by atomic mass is 32.2. The SMILES string of the molecule is CNS(=O)(=O)c1ccc(N2CCCC(CCN)C2)c([N+](=O)[O-])c1. The highest BCUT2D eigenvalue weighted by molar-refractivity contribution is 7.89. The van der Waals surface area contributed by atoms with E-state index in [1.165, 1.54) is 19.2 Å². The average Bonchev–Trinajstić information content (AvgIpc) is 2.54. The number of hydrogen-bond donors (Lipinski definition) is 2. The van der Waals surface area contributed by atoms with E-state index in [2.05, 4.69) is 4.72 Å². The summed E-state index contributed by atoms with van der Waals surface area (Å²) < 4.78 is 25.8. The molecule has 9 heteroatoms. The number of nitrogens with one attached hydrogen (secondary N) is 1. The Labute approximate surface area is 135 Å². The molecule has 1 saturated heterocycles. The van der Waals surface area contributed by atoms with Crippen LogP contribution in [0.15, 0.2) is 23.1 Å². The van der Waals surface area contributed by atoms with E-state index < -0.39 is 14.9 Å². The van der Waals surface area contributed by atoms with Gasteiger partial charge in [-0.2, -0.15) is 0 Å². The Balaban J connectivity index is 2.37. The monoisotopic (exact) mass is 342 g/mol. The van der Waals surface area contributed by atoms with Crippen molar-refractivity contribution in [1.82, 2.24) is 4.72 Å². The van der Waals surface area contributed by atoms with Gasteiger partial charge in [0.15, 0.2) is 0 Å². The highest BCUT2D eigenvalue weighted by Crippen LogP contribution is 2.34. The van der Waals surface area contributed by atoms with Crippen LogP contribution < -0.4 is 15.4 Å². The molecule has 0 aromatic heterocycles. The summed E-state index contributed by atoms with van der Waals surface area (Å²) >= 11 is 0. The van der Waals surface area contributed by atoms with Gasteiger partial charge in [0.25, 0.3) is 5.69 Å². The van der Waals surface area contributed by atoms with Gasteiger partial charge in [-0.3, -0.25) is 10.1 Å². The molecule has 0 amide bonds. The highest BCUT2D eigenvalue weighted by Gasteiger charge is 2.27. The maximum Gasteiger partial charge on any atom is 0.293 e. The molecule has 23 heavy (non-hydrogen) atoms. The zero-order valence-electron chi connectivity index (χ0n) is 13.1. The van der Waals surface area contributed by atoms with Crippen molar-refractivity contribution in [3.63, 3.8) is 0 Å². The number of sulfonamides is 1. The minimum Gasteiger partial charge on any atom is -0.366 e. The Morgan fingerprint density at radius 1 is 1.48 bits per heavy atom. The van der Waals surface area contributed by atoms with Gasteiger partial charge in [-0.05, 0) is 50.9 Å². The molecule has 2 rings (SSSR count). The van der Waals surface area contributed by atoms with E-state index in [9.17, 15) is 18.5 Å². The third-order valence-electron chi connectivity index (χ3n) is 4.16. The maximum absolute atomic E-state index is 11.8. The molecule has 1 fully saturated rings. The Morgan fingerprint density at radius 3 is 2.83 bits per heavy atom. The molecule has 1 aromatic carbocycles. The van der Waals surface area contributed by atoms with Crippen LogP contribution in [0, 0.1) is 16.0 Å². The quantitative estimate of drug-likeness (QED) is 0.589. The molecule has 1 heterocycles. The molecular weight excluding hydrogens is 320 g/mol. The van der Waals surface area contributed by atoms with E-state index >= 15 is 0 Å². The number of benzene rings is 1. The summed E-state index contributed by atoms with van der Waals surface area (Å²) in [6.07, 6.45) is 2.89. The normalized spacial score (nSPS) is 18.9. The van der Waals surface area contributed by atoms with Crippen molar-refractivity contribution in [2.24, 2.45) is 11.7 Å². The van der Waals surface area contributed by atoms with Crippen molar-refractivity contribution in [3.8, 4) is 0 Å². The number of hydrogen-bond acceptors (Lipinski definition) is 6. The first-order valence-electron chi connectivity index (χ1n) is 7.56. The molecule has 1 aliphatic rings. The van der Waals surface area contributed by atoms with Gasteiger partial charge < -0.3 is 10.6 Å². The zero-order valence-corrected chi connectivity index (χ0v) is 13.9. The van der Waals surface area contributed by atoms with Crippen LogP contribution in [0.1, 0.15) is 19.3 Å². The number of nitrogens with zero attached hydrogens (tertiary/aromatic N) is 2. The summed E-state index contributed by atoms with van der Waals surface area (Å²) in [7, 11) is -2.44. The minimum atomic E-state index is -3.71. The van der Waals surface area contributed by atoms with Crippen LogP contribution in [0.4, 0.5) is 11.4 Å². The van der Waals surface area contributed by atoms with Crippen molar-refractivity contribution >= 4 is 21.4 Å². The summed E-state index contributed by atoms with van der Waals surface area (Å²) in [5.41, 5.74) is 5.88. The van der Waals surface area contributed by atoms with Gasteiger partial charge in [0.05, 0.1) is 9.82 Å². The lowest BCUT2D eigenvalue weighted by molar-refractivity contribution is -0.384. The van der Waals surface area contributed by atoms with Crippen LogP contribution in [0.5, 0.6) is 0 Å². The molecule has 0 aliphatic carbocycles. The van der Waals surface area contributed by atoms with Gasteiger partial charge >= 0.3 is 0 Å². The first-order valence-corrected chi connectivity index (χ1v) is 9.04. The lowest BCUT2D eigenvalue weighted by Gasteiger charge is -2.34. The minimum absolute atomic E-state index is 0.106. The fourth-order valence-electron chi connectivity index (χ4n) is 2.96. The lowest BCUT2D eigenvalue weighted by Crippen LogP contribution is -2.36. The Kier molecular flexibility index (Phi) is 5.55. The number of nitrogens with two attached hydrogens (primary N) is 1. The Morgan fingerprint density at radius 2 is 2.22 bits per heavy atom. The molecule has 0 saturated carbocycles. The topological polar surface area (TPSA) is 119 Å². The van der Waals surface area contributed by atoms with Gasteiger partial charge in [0.1, 0.15) is 5.69 Å². The third-order valence-corrected chi connectivity index (χ3v) is 5.57. The second kappa shape index (κ2) is 7.24. The summed E-state index contributed by atoms with van der Waals surface area (Å²) in [6, 6.07) is 4.04. The fourth-order valence-corrected chi connectivity index (χ4v) is 3.71. The van der Waals surface area contributed by atoms with Crippen LogP contribution >= 0.6 is 0 Å². The average molecular weight is 342 g/mol. The first kappa shape index (κ1) is 17.6. The van der Waals surface area contributed by atoms with Crippen molar-refractivity contribution in [3.05, 3.63) is 28.3 Å². The van der Waals surface area contributed by atoms with E-state index in [0.717, 1.165) is 31.9 Å². The molecule has 1 atom stereocenters. The van der Waals surface area contributed by atoms with Gasteiger partial charge in [-0.1, -0.05) is 0 Å². The van der Waals surface area contributed by atoms with Crippen molar-refractivity contribution in [2.75, 3.05) is 31.6 Å². The van der Waals surface area contributed by atoms with Crippen LogP contribution in [0.3, 0.4) is 0 Å². The van der Waals surface area contributed by atoms with Gasteiger partial charge in [-0.15, -0.1) is 0 Å². The number of nitro groups is 1. The van der Waals surface area contributed by atoms with Crippen LogP contribution in [-0.4, -0.2) is 40.0 Å². The molecule has 3 N–H and O–H groups in total. The Bertz CT molecular complexity index is 675. The number of rotatable bonds is 6. The van der Waals surface area contributed by atoms with Crippen molar-refractivity contribution in [2.45, 2.75) is 24.2 Å². The largest absolute Gasteiger partial charge is 0.366 e. The molecule has 0 bridgehead atoms. The second-order valence-corrected chi connectivity index (χ2v) is 7.53. The van der Waals surface area contributed by atoms with E-state index in [0.29, 0.717) is 24.7 Å². The first-order chi connectivity index (χ1) is 10.9. The number of anilines is 1. The molecular formula is C14H22N4O4S. The number of nitro benzene ring substituents is 1. The van der Waals surface area contributed by atoms with Gasteiger partial charge in [0, 0.05) is 19.2 Å². The molecule has 1 aliphatic heterocycles. The zero-order chi connectivity index (χ0) is 17.0. The van der Waals surface area contributed by atoms with E-state index in [-0.39, 0.29) is 10.6 Å². The molecule has 8 nitrogen and oxygen atoms in total. The van der Waals surface area contributed by atoms with Crippen molar-refractivity contribution < 1.29 is 13.3 Å². The van der Waals surface area contributed by atoms with Crippen LogP contribution in [0.25, 0.3) is 0 Å². The lowest BCUT2D eigenvalue weighted by atomic mass is 9.94. The molecule has 0 spiro atoms. The summed E-state index contributed by atoms with van der Waals surface area (Å²) in [4.78, 5) is 12.7. The summed E-state index contributed by atoms with van der Waals surface area (Å²) in [6.45, 7) is 2.02. The van der Waals surface area contributed by atoms with E-state index in [1.54, 1.807) is 0 Å². The predicted molar refractivity (Wildman–Crippen MR) is 88.0 cm³/mol. The molecule has 1 aromatic rings. The third kappa shape index (κ3) is 3.98. The van der Waals surface area contributed by atoms with E-state index in [1.807, 2.05) is 4.90 Å². The smallest absolute Gasteiger partial charge is 0.293 e. The maximum atomic E-state index is 11.8. The summed E-state index contributed by atoms with van der Waals surface area (Å²) in [5.74, 6) is 0.411. The second-order valence-electron chi connectivity index (χ2n) is 5.65. The van der Waals surface area contributed by atoms with Gasteiger partial charge in [0.2, 0.25) is 10.0 Å². The molecule has 1 unspecified atom stereocenters. The summed E-state index contributed by atoms with van der Waals surface area (Å²) in [5, 5.41) is 11.4.